The number of carbonyl (C=O) groups is 3. The summed E-state index contributed by atoms with van der Waals surface area (Å²) >= 11 is 0. The number of likely N-dealkylation sites (N-methyl/N-ethyl adjacent to an activating group) is 1. The highest BCUT2D eigenvalue weighted by Gasteiger charge is 2.15. The van der Waals surface area contributed by atoms with E-state index in [9.17, 15) is 14.4 Å². The van der Waals surface area contributed by atoms with Crippen LogP contribution in [0.1, 0.15) is 20.3 Å². The summed E-state index contributed by atoms with van der Waals surface area (Å²) in [7, 11) is 1.57. The molecule has 0 atom stereocenters. The van der Waals surface area contributed by atoms with E-state index in [1.807, 2.05) is 13.8 Å². The molecule has 0 radical (unpaired) electrons. The number of nitrogens with one attached hydrogen (secondary N) is 3. The molecule has 0 aliphatic rings. The summed E-state index contributed by atoms with van der Waals surface area (Å²) in [6.07, 6.45) is 0.786. The van der Waals surface area contributed by atoms with Crippen molar-refractivity contribution in [1.82, 2.24) is 15.5 Å². The lowest BCUT2D eigenvalue weighted by atomic mass is 10.3. The molecule has 1 aromatic rings. The maximum atomic E-state index is 12.1. The minimum absolute atomic E-state index is 0.0356. The summed E-state index contributed by atoms with van der Waals surface area (Å²) in [5, 5.41) is 7.55. The molecule has 8 nitrogen and oxygen atoms in total. The Kier molecular flexibility index (Phi) is 9.02. The lowest BCUT2D eigenvalue weighted by Crippen LogP contribution is -2.46. The van der Waals surface area contributed by atoms with Gasteiger partial charge in [-0.25, -0.2) is 4.79 Å². The molecule has 0 spiro atoms. The Morgan fingerprint density at radius 1 is 1.04 bits per heavy atom. The van der Waals surface area contributed by atoms with Crippen LogP contribution in [0.15, 0.2) is 24.3 Å². The molecule has 138 valence electrons. The zero-order valence-corrected chi connectivity index (χ0v) is 14.9. The molecular formula is C17H26N4O4. The van der Waals surface area contributed by atoms with Crippen molar-refractivity contribution in [3.8, 4) is 5.75 Å². The highest BCUT2D eigenvalue weighted by Crippen LogP contribution is 2.14. The number of amides is 4. The Hall–Kier alpha value is -2.61. The summed E-state index contributed by atoms with van der Waals surface area (Å²) in [4.78, 5) is 37.0. The number of anilines is 1. The summed E-state index contributed by atoms with van der Waals surface area (Å²) in [6.45, 7) is 4.77. The first-order valence-corrected chi connectivity index (χ1v) is 8.22. The lowest BCUT2D eigenvalue weighted by Gasteiger charge is -2.19. The molecule has 0 aliphatic heterocycles. The Balaban J connectivity index is 2.44. The van der Waals surface area contributed by atoms with Gasteiger partial charge >= 0.3 is 6.03 Å². The van der Waals surface area contributed by atoms with E-state index < -0.39 is 11.9 Å². The quantitative estimate of drug-likeness (QED) is 0.621. The van der Waals surface area contributed by atoms with Crippen molar-refractivity contribution >= 4 is 23.5 Å². The van der Waals surface area contributed by atoms with Crippen LogP contribution in [0.4, 0.5) is 10.5 Å². The zero-order valence-electron chi connectivity index (χ0n) is 14.9. The minimum Gasteiger partial charge on any atom is -0.497 e. The molecule has 0 aromatic heterocycles. The van der Waals surface area contributed by atoms with E-state index in [1.165, 1.54) is 0 Å². The third kappa shape index (κ3) is 8.16. The Labute approximate surface area is 147 Å². The van der Waals surface area contributed by atoms with Crippen LogP contribution < -0.4 is 20.7 Å². The topological polar surface area (TPSA) is 99.8 Å². The first-order valence-electron chi connectivity index (χ1n) is 8.22. The number of methoxy groups -OCH3 is 1. The van der Waals surface area contributed by atoms with Crippen molar-refractivity contribution in [2.45, 2.75) is 20.3 Å². The van der Waals surface area contributed by atoms with Gasteiger partial charge in [0.2, 0.25) is 11.8 Å². The number of urea groups is 1. The number of nitrogens with zero attached hydrogens (tertiary/aromatic N) is 1. The van der Waals surface area contributed by atoms with E-state index in [4.69, 9.17) is 4.74 Å². The molecular weight excluding hydrogens is 324 g/mol. The number of hydrogen-bond donors (Lipinski definition) is 3. The van der Waals surface area contributed by atoms with Crippen molar-refractivity contribution in [2.75, 3.05) is 38.6 Å². The number of ether oxygens (including phenoxy) is 1. The SMILES string of the molecule is CCCNC(=O)NC(=O)CN(CC)CC(=O)Nc1ccc(OC)cc1. The highest BCUT2D eigenvalue weighted by atomic mass is 16.5. The second kappa shape index (κ2) is 11.0. The van der Waals surface area contributed by atoms with Crippen molar-refractivity contribution < 1.29 is 19.1 Å². The smallest absolute Gasteiger partial charge is 0.321 e. The van der Waals surface area contributed by atoms with Crippen LogP contribution in [0.25, 0.3) is 0 Å². The molecule has 25 heavy (non-hydrogen) atoms. The molecule has 1 aromatic carbocycles. The van der Waals surface area contributed by atoms with E-state index in [2.05, 4.69) is 16.0 Å². The van der Waals surface area contributed by atoms with Gasteiger partial charge in [-0.2, -0.15) is 0 Å². The van der Waals surface area contributed by atoms with Crippen LogP contribution in [-0.4, -0.2) is 56.0 Å². The minimum atomic E-state index is -0.523. The number of rotatable bonds is 9. The fourth-order valence-electron chi connectivity index (χ4n) is 2.01. The fourth-order valence-corrected chi connectivity index (χ4v) is 2.01. The van der Waals surface area contributed by atoms with Crippen LogP contribution in [0.2, 0.25) is 0 Å². The molecule has 0 unspecified atom stereocenters. The van der Waals surface area contributed by atoms with Gasteiger partial charge in [0.15, 0.2) is 0 Å². The van der Waals surface area contributed by atoms with Gasteiger partial charge in [-0.3, -0.25) is 19.8 Å². The molecule has 0 bridgehead atoms. The lowest BCUT2D eigenvalue weighted by molar-refractivity contribution is -0.122. The van der Waals surface area contributed by atoms with Crippen LogP contribution in [0, 0.1) is 0 Å². The summed E-state index contributed by atoms with van der Waals surface area (Å²) in [6, 6.07) is 6.44. The second-order valence-electron chi connectivity index (χ2n) is 5.38. The third-order valence-electron chi connectivity index (χ3n) is 3.34. The van der Waals surface area contributed by atoms with Crippen molar-refractivity contribution in [3.63, 3.8) is 0 Å². The van der Waals surface area contributed by atoms with E-state index in [0.29, 0.717) is 24.5 Å². The second-order valence-corrected chi connectivity index (χ2v) is 5.38. The molecule has 0 aliphatic carbocycles. The van der Waals surface area contributed by atoms with Gasteiger partial charge in [0, 0.05) is 12.2 Å². The number of hydrogen-bond acceptors (Lipinski definition) is 5. The van der Waals surface area contributed by atoms with E-state index >= 15 is 0 Å². The molecule has 4 amide bonds. The van der Waals surface area contributed by atoms with Crippen LogP contribution in [0.3, 0.4) is 0 Å². The fraction of sp³-hybridized carbons (Fsp3) is 0.471. The Morgan fingerprint density at radius 2 is 1.68 bits per heavy atom. The molecule has 0 saturated heterocycles. The van der Waals surface area contributed by atoms with Gasteiger partial charge in [0.1, 0.15) is 5.75 Å². The molecule has 8 heteroatoms. The van der Waals surface area contributed by atoms with E-state index in [1.54, 1.807) is 36.3 Å². The van der Waals surface area contributed by atoms with Gasteiger partial charge < -0.3 is 15.4 Å². The van der Waals surface area contributed by atoms with Crippen molar-refractivity contribution in [3.05, 3.63) is 24.3 Å². The predicted molar refractivity (Wildman–Crippen MR) is 95.6 cm³/mol. The Bertz CT molecular complexity index is 575. The van der Waals surface area contributed by atoms with Crippen molar-refractivity contribution in [2.24, 2.45) is 0 Å². The predicted octanol–water partition coefficient (Wildman–Crippen LogP) is 1.19. The maximum absolute atomic E-state index is 12.1. The van der Waals surface area contributed by atoms with Gasteiger partial charge in [-0.15, -0.1) is 0 Å². The van der Waals surface area contributed by atoms with Crippen LogP contribution >= 0.6 is 0 Å². The van der Waals surface area contributed by atoms with Crippen LogP contribution in [0.5, 0.6) is 5.75 Å². The monoisotopic (exact) mass is 350 g/mol. The zero-order chi connectivity index (χ0) is 18.7. The molecule has 0 saturated carbocycles. The number of benzene rings is 1. The summed E-state index contributed by atoms with van der Waals surface area (Å²) in [5.41, 5.74) is 0.644. The van der Waals surface area contributed by atoms with E-state index in [0.717, 1.165) is 6.42 Å². The first-order chi connectivity index (χ1) is 12.0. The average Bonchev–Trinajstić information content (AvgIpc) is 2.59. The Morgan fingerprint density at radius 3 is 2.24 bits per heavy atom. The number of imide groups is 1. The van der Waals surface area contributed by atoms with Crippen LogP contribution in [-0.2, 0) is 9.59 Å². The van der Waals surface area contributed by atoms with Gasteiger partial charge in [0.25, 0.3) is 0 Å². The highest BCUT2D eigenvalue weighted by molar-refractivity contribution is 5.96. The molecule has 1 rings (SSSR count). The normalized spacial score (nSPS) is 10.2. The van der Waals surface area contributed by atoms with Gasteiger partial charge in [-0.05, 0) is 37.2 Å². The first kappa shape index (κ1) is 20.4. The maximum Gasteiger partial charge on any atom is 0.321 e. The number of carbonyl (C=O) groups excluding carboxylic acids is 3. The van der Waals surface area contributed by atoms with Gasteiger partial charge in [0.05, 0.1) is 20.2 Å². The van der Waals surface area contributed by atoms with Crippen molar-refractivity contribution in [1.29, 1.82) is 0 Å². The van der Waals surface area contributed by atoms with E-state index in [-0.39, 0.29) is 19.0 Å². The standard InChI is InChI=1S/C17H26N4O4/c1-4-10-18-17(24)20-16(23)12-21(5-2)11-15(22)19-13-6-8-14(25-3)9-7-13/h6-9H,4-5,10-12H2,1-3H3,(H,19,22)(H2,18,20,23,24). The third-order valence-corrected chi connectivity index (χ3v) is 3.34. The molecule has 0 heterocycles. The summed E-state index contributed by atoms with van der Waals surface area (Å²) < 4.78 is 5.06. The van der Waals surface area contributed by atoms with Gasteiger partial charge in [-0.1, -0.05) is 13.8 Å². The molecule has 3 N–H and O–H groups in total. The average molecular weight is 350 g/mol. The summed E-state index contributed by atoms with van der Waals surface area (Å²) in [5.74, 6) is 0.00848. The molecule has 0 fully saturated rings. The largest absolute Gasteiger partial charge is 0.497 e.